The van der Waals surface area contributed by atoms with Crippen LogP contribution in [0.15, 0.2) is 42.7 Å². The van der Waals surface area contributed by atoms with Crippen molar-refractivity contribution in [3.05, 3.63) is 48.3 Å². The van der Waals surface area contributed by atoms with Gasteiger partial charge in [-0.2, -0.15) is 18.4 Å². The zero-order valence-corrected chi connectivity index (χ0v) is 21.6. The number of ether oxygens (including phenoxy) is 1. The number of rotatable bonds is 8. The van der Waals surface area contributed by atoms with E-state index in [1.54, 1.807) is 6.07 Å². The van der Waals surface area contributed by atoms with Gasteiger partial charge in [0, 0.05) is 18.9 Å². The van der Waals surface area contributed by atoms with Crippen molar-refractivity contribution < 1.29 is 55.1 Å². The molecule has 1 aromatic carbocycles. The number of nitriles is 1. The first-order valence-corrected chi connectivity index (χ1v) is 11.6. The second-order valence-corrected chi connectivity index (χ2v) is 8.95. The fourth-order valence-electron chi connectivity index (χ4n) is 3.68. The van der Waals surface area contributed by atoms with E-state index in [2.05, 4.69) is 19.9 Å². The van der Waals surface area contributed by atoms with Crippen LogP contribution < -0.4 is 20.0 Å². The summed E-state index contributed by atoms with van der Waals surface area (Å²) in [4.78, 5) is 60.4. The topological polar surface area (TPSA) is 145 Å². The first kappa shape index (κ1) is 31.6. The van der Waals surface area contributed by atoms with Crippen molar-refractivity contribution in [3.63, 3.8) is 0 Å². The molecule has 0 aliphatic carbocycles. The van der Waals surface area contributed by atoms with Gasteiger partial charge in [0.2, 0.25) is 0 Å². The third-order valence-electron chi connectivity index (χ3n) is 5.67. The van der Waals surface area contributed by atoms with Gasteiger partial charge in [-0.3, -0.25) is 19.9 Å². The molecule has 12 nitrogen and oxygen atoms in total. The summed E-state index contributed by atoms with van der Waals surface area (Å²) in [7, 11) is 0. The number of nitrogens with one attached hydrogen (secondary N) is 1. The number of nitrogens with zero attached hydrogens (tertiary/aromatic N) is 5. The highest BCUT2D eigenvalue weighted by Gasteiger charge is 2.53. The number of urea groups is 1. The predicted octanol–water partition coefficient (Wildman–Crippen LogP) is 3.19. The molecule has 1 aliphatic rings. The van der Waals surface area contributed by atoms with Crippen LogP contribution in [0.2, 0.25) is 0 Å². The number of amides is 4. The lowest BCUT2D eigenvalue weighted by Crippen LogP contribution is -2.43. The molecule has 1 fully saturated rings. The molecule has 1 aromatic heterocycles. The molecule has 18 heteroatoms. The molecule has 2 heterocycles. The third kappa shape index (κ3) is 7.04. The summed E-state index contributed by atoms with van der Waals surface area (Å²) in [5.41, 5.74) is -2.85. The van der Waals surface area contributed by atoms with Crippen LogP contribution in [0, 0.1) is 11.3 Å². The highest BCUT2D eigenvalue weighted by Crippen LogP contribution is 2.42. The van der Waals surface area contributed by atoms with Gasteiger partial charge in [-0.05, 0) is 49.7 Å². The Bertz CT molecular complexity index is 1410. The molecule has 2 aromatic rings. The number of anilines is 2. The van der Waals surface area contributed by atoms with Crippen LogP contribution in [-0.2, 0) is 25.8 Å². The molecule has 1 N–H and O–H groups in total. The second kappa shape index (κ2) is 11.9. The molecule has 0 bridgehead atoms. The second-order valence-electron chi connectivity index (χ2n) is 8.95. The van der Waals surface area contributed by atoms with Crippen molar-refractivity contribution in [2.75, 3.05) is 23.1 Å². The molecule has 0 unspecified atom stereocenters. The number of carbonyl (C=O) groups excluding carboxylic acids is 4. The maximum Gasteiger partial charge on any atom is 0.573 e. The van der Waals surface area contributed by atoms with Crippen molar-refractivity contribution in [2.24, 2.45) is 0 Å². The molecule has 0 spiro atoms. The van der Waals surface area contributed by atoms with Crippen molar-refractivity contribution in [2.45, 2.75) is 38.5 Å². The van der Waals surface area contributed by atoms with E-state index in [4.69, 9.17) is 5.26 Å². The molecule has 0 atom stereocenters. The number of carbonyl (C=O) groups is 4. The van der Waals surface area contributed by atoms with Gasteiger partial charge in [0.05, 0.1) is 30.5 Å². The third-order valence-corrected chi connectivity index (χ3v) is 5.67. The zero-order valence-electron chi connectivity index (χ0n) is 21.6. The van der Waals surface area contributed by atoms with Crippen LogP contribution in [0.4, 0.5) is 42.5 Å². The number of hydroxylamine groups is 1. The minimum Gasteiger partial charge on any atom is -0.404 e. The summed E-state index contributed by atoms with van der Waals surface area (Å²) in [6, 6.07) is 5.19. The molecule has 0 radical (unpaired) electrons. The summed E-state index contributed by atoms with van der Waals surface area (Å²) in [6.45, 7) is 1.12. The Labute approximate surface area is 232 Å². The van der Waals surface area contributed by atoms with Crippen LogP contribution in [0.3, 0.4) is 0 Å². The molecule has 224 valence electrons. The summed E-state index contributed by atoms with van der Waals surface area (Å²) < 4.78 is 82.6. The lowest BCUT2D eigenvalue weighted by molar-refractivity contribution is -0.274. The number of halogens is 6. The average molecular weight is 602 g/mol. The molecule has 3 rings (SSSR count). The normalized spacial score (nSPS) is 14.9. The van der Waals surface area contributed by atoms with Crippen LogP contribution in [0.5, 0.6) is 5.75 Å². The average Bonchev–Trinajstić information content (AvgIpc) is 3.06. The van der Waals surface area contributed by atoms with E-state index in [0.717, 1.165) is 4.90 Å². The molecular weight excluding hydrogens is 582 g/mol. The Morgan fingerprint density at radius 1 is 1.10 bits per heavy atom. The highest BCUT2D eigenvalue weighted by atomic mass is 19.4. The molecule has 4 amide bonds. The maximum absolute atomic E-state index is 13.5. The van der Waals surface area contributed by atoms with E-state index in [1.807, 2.05) is 0 Å². The van der Waals surface area contributed by atoms with Gasteiger partial charge in [0.1, 0.15) is 5.54 Å². The molecule has 0 saturated carbocycles. The monoisotopic (exact) mass is 602 g/mol. The first-order valence-electron chi connectivity index (χ1n) is 11.6. The van der Waals surface area contributed by atoms with Crippen LogP contribution >= 0.6 is 0 Å². The molecule has 1 aliphatic heterocycles. The Morgan fingerprint density at radius 2 is 1.74 bits per heavy atom. The quantitative estimate of drug-likeness (QED) is 0.158. The van der Waals surface area contributed by atoms with Crippen molar-refractivity contribution in [1.82, 2.24) is 15.2 Å². The summed E-state index contributed by atoms with van der Waals surface area (Å²) >= 11 is 0. The van der Waals surface area contributed by atoms with E-state index >= 15 is 0 Å². The number of benzene rings is 1. The smallest absolute Gasteiger partial charge is 0.404 e. The largest absolute Gasteiger partial charge is 0.573 e. The number of hydrogen-bond acceptors (Lipinski definition) is 9. The van der Waals surface area contributed by atoms with Gasteiger partial charge < -0.3 is 14.5 Å². The predicted molar refractivity (Wildman–Crippen MR) is 128 cm³/mol. The van der Waals surface area contributed by atoms with Crippen LogP contribution in [-0.4, -0.2) is 64.9 Å². The van der Waals surface area contributed by atoms with Crippen molar-refractivity contribution in [1.29, 1.82) is 5.26 Å². The van der Waals surface area contributed by atoms with E-state index in [9.17, 15) is 45.5 Å². The Balaban J connectivity index is 2.13. The van der Waals surface area contributed by atoms with Crippen molar-refractivity contribution >= 4 is 35.2 Å². The number of imide groups is 1. The van der Waals surface area contributed by atoms with Crippen molar-refractivity contribution in [3.8, 4) is 11.8 Å². The Hall–Kier alpha value is -4.92. The van der Waals surface area contributed by atoms with E-state index in [-0.39, 0.29) is 11.6 Å². The minimum absolute atomic E-state index is 0.190. The van der Waals surface area contributed by atoms with E-state index in [0.29, 0.717) is 28.7 Å². The maximum atomic E-state index is 13.5. The Kier molecular flexibility index (Phi) is 8.96. The van der Waals surface area contributed by atoms with Gasteiger partial charge in [0.25, 0.3) is 11.8 Å². The van der Waals surface area contributed by atoms with Crippen LogP contribution in [0.25, 0.3) is 0 Å². The summed E-state index contributed by atoms with van der Waals surface area (Å²) in [5.74, 6) is -6.44. The summed E-state index contributed by atoms with van der Waals surface area (Å²) in [6.07, 6.45) is -8.14. The van der Waals surface area contributed by atoms with Gasteiger partial charge >= 0.3 is 24.5 Å². The van der Waals surface area contributed by atoms with Crippen LogP contribution in [0.1, 0.15) is 19.4 Å². The minimum atomic E-state index is -5.60. The lowest BCUT2D eigenvalue weighted by atomic mass is 10.0. The zero-order chi connectivity index (χ0) is 31.5. The van der Waals surface area contributed by atoms with Gasteiger partial charge in [-0.25, -0.2) is 14.5 Å². The molecule has 42 heavy (non-hydrogen) atoms. The number of hydrogen-bond donors (Lipinski definition) is 1. The summed E-state index contributed by atoms with van der Waals surface area (Å²) in [5, 5.41) is 10.7. The number of alkyl halides is 6. The fraction of sp³-hybridized carbons (Fsp3) is 0.333. The molecular formula is C24H20F6N6O6. The van der Waals surface area contributed by atoms with Gasteiger partial charge in [-0.15, -0.1) is 18.2 Å². The Morgan fingerprint density at radius 3 is 2.31 bits per heavy atom. The lowest BCUT2D eigenvalue weighted by Gasteiger charge is -2.27. The standard InChI is InChI=1S/C24H20F6N6O6/c1-22(2)19(38)35(21(40)34(22)13-14-5-8-32-9-6-14)16-11-15(3-4-17(16)41-24(28,29)30)36(18(37)12-33-10-7-31)42-20(39)23(25,26)27/h3-6,8-9,11,33H,10,12-13H2,1-2H3. The fourth-order valence-corrected chi connectivity index (χ4v) is 3.68. The number of pyridine rings is 1. The highest BCUT2D eigenvalue weighted by molar-refractivity contribution is 6.23. The SMILES string of the molecule is CC1(C)C(=O)N(c2cc(N(OC(=O)C(F)(F)F)C(=O)CNCC#N)ccc2OC(F)(F)F)C(=O)N1Cc1ccncc1. The first-order chi connectivity index (χ1) is 19.5. The number of aromatic nitrogens is 1. The molecule has 1 saturated heterocycles. The van der Waals surface area contributed by atoms with Gasteiger partial charge in [-0.1, -0.05) is 0 Å². The van der Waals surface area contributed by atoms with E-state index in [1.165, 1.54) is 38.4 Å². The van der Waals surface area contributed by atoms with E-state index < -0.39 is 72.1 Å². The van der Waals surface area contributed by atoms with Gasteiger partial charge in [0.15, 0.2) is 5.75 Å².